The van der Waals surface area contributed by atoms with Gasteiger partial charge < -0.3 is 0 Å². The summed E-state index contributed by atoms with van der Waals surface area (Å²) in [5, 5.41) is 0. The van der Waals surface area contributed by atoms with Crippen LogP contribution in [0.3, 0.4) is 0 Å². The van der Waals surface area contributed by atoms with Crippen molar-refractivity contribution in [3.05, 3.63) is 60.7 Å². The van der Waals surface area contributed by atoms with E-state index in [0.29, 0.717) is 0 Å². The molecule has 0 fully saturated rings. The first-order valence-corrected chi connectivity index (χ1v) is 29.8. The summed E-state index contributed by atoms with van der Waals surface area (Å²) in [5.74, 6) is 0. The normalized spacial score (nSPS) is 12.6. The maximum absolute atomic E-state index is 2.53. The Balaban J connectivity index is 1.83. The van der Waals surface area contributed by atoms with Crippen molar-refractivity contribution < 1.29 is 49.1 Å². The van der Waals surface area contributed by atoms with Crippen LogP contribution in [0.2, 0.25) is 0 Å². The Kier molecular flexibility index (Phi) is 24.2. The molecule has 0 nitrogen and oxygen atoms in total. The van der Waals surface area contributed by atoms with Crippen molar-refractivity contribution in [2.24, 2.45) is 0 Å². The van der Waals surface area contributed by atoms with Gasteiger partial charge in [-0.25, -0.2) is 0 Å². The molecular weight excluding hydrogens is 866 g/mol. The monoisotopic (exact) mass is 926 g/mol. The zero-order chi connectivity index (χ0) is 27.6. The van der Waals surface area contributed by atoms with Crippen LogP contribution in [0.5, 0.6) is 0 Å². The third-order valence-electron chi connectivity index (χ3n) is 8.26. The van der Waals surface area contributed by atoms with Crippen molar-refractivity contribution >= 4 is 17.9 Å². The van der Waals surface area contributed by atoms with Gasteiger partial charge >= 0.3 is 275 Å². The van der Waals surface area contributed by atoms with Crippen LogP contribution in [-0.2, 0) is 49.1 Å². The van der Waals surface area contributed by atoms with E-state index in [4.69, 9.17) is 0 Å². The number of hydrogen-bond acceptors (Lipinski definition) is 1. The van der Waals surface area contributed by atoms with E-state index in [-0.39, 0.29) is 0 Å². The van der Waals surface area contributed by atoms with E-state index in [1.807, 2.05) is 0 Å². The van der Waals surface area contributed by atoms with E-state index in [1.54, 1.807) is 6.14 Å². The number of unbranched alkanes of at least 4 members (excludes halogenated alkanes) is 16. The number of rotatable bonds is 26. The molecular formula is C36H58Hg2S. The second-order valence-electron chi connectivity index (χ2n) is 12.0. The van der Waals surface area contributed by atoms with Gasteiger partial charge in [0, 0.05) is 0 Å². The third-order valence-corrected chi connectivity index (χ3v) is 31.0. The van der Waals surface area contributed by atoms with Crippen LogP contribution in [0.1, 0.15) is 142 Å². The molecule has 39 heavy (non-hydrogen) atoms. The van der Waals surface area contributed by atoms with Gasteiger partial charge in [0.15, 0.2) is 0 Å². The van der Waals surface area contributed by atoms with Crippen LogP contribution >= 0.6 is 11.8 Å². The quantitative estimate of drug-likeness (QED) is 0.0669. The minimum absolute atomic E-state index is 1.02. The van der Waals surface area contributed by atoms with Gasteiger partial charge in [-0.15, -0.1) is 0 Å². The second kappa shape index (κ2) is 26.3. The Morgan fingerprint density at radius 2 is 0.744 bits per heavy atom. The molecule has 2 atom stereocenters. The minimum atomic E-state index is -1.13. The molecule has 0 aromatic heterocycles. The molecule has 0 bridgehead atoms. The van der Waals surface area contributed by atoms with E-state index in [0.717, 1.165) is 5.52 Å². The second-order valence-corrected chi connectivity index (χ2v) is 35.4. The van der Waals surface area contributed by atoms with Crippen LogP contribution in [0, 0.1) is 0 Å². The summed E-state index contributed by atoms with van der Waals surface area (Å²) in [6.07, 6.45) is 29.1. The standard InChI is InChI=1S/C24H48S.2C6H5.2Hg/c1-3-5-7-9-11-13-15-17-19-21-23-25-24-22-20-18-16-14-12-10-8-6-4-2;2*1-2-4-6-5-3-1;;/h23-24H,3-22H2,1-2H3;2*1-5H;;. The van der Waals surface area contributed by atoms with Gasteiger partial charge in [0.25, 0.3) is 0 Å². The zero-order valence-electron chi connectivity index (χ0n) is 25.9. The zero-order valence-corrected chi connectivity index (χ0v) is 37.7. The van der Waals surface area contributed by atoms with Crippen LogP contribution in [0.25, 0.3) is 0 Å². The molecule has 2 aromatic carbocycles. The molecule has 0 aliphatic heterocycles. The van der Waals surface area contributed by atoms with Gasteiger partial charge in [0.2, 0.25) is 0 Å². The predicted molar refractivity (Wildman–Crippen MR) is 171 cm³/mol. The summed E-state index contributed by atoms with van der Waals surface area (Å²) in [5.41, 5.74) is 0. The Labute approximate surface area is 272 Å². The molecule has 2 rings (SSSR count). The number of hydrogen-bond donors (Lipinski definition) is 0. The number of benzene rings is 2. The van der Waals surface area contributed by atoms with Crippen LogP contribution < -0.4 is 6.14 Å². The van der Waals surface area contributed by atoms with Crippen LogP contribution in [0.15, 0.2) is 60.7 Å². The van der Waals surface area contributed by atoms with Crippen molar-refractivity contribution in [1.29, 1.82) is 0 Å². The summed E-state index contributed by atoms with van der Waals surface area (Å²) in [6.45, 7) is 4.64. The van der Waals surface area contributed by atoms with Gasteiger partial charge in [-0.2, -0.15) is 0 Å². The molecule has 3 heteroatoms. The van der Waals surface area contributed by atoms with Gasteiger partial charge in [0.1, 0.15) is 0 Å². The fourth-order valence-electron chi connectivity index (χ4n) is 5.83. The molecule has 0 saturated carbocycles. The molecule has 0 heterocycles. The third kappa shape index (κ3) is 20.2. The van der Waals surface area contributed by atoms with Gasteiger partial charge in [-0.3, -0.25) is 0 Å². The fraction of sp³-hybridized carbons (Fsp3) is 0.667. The van der Waals surface area contributed by atoms with Crippen molar-refractivity contribution in [2.45, 2.75) is 148 Å². The molecule has 0 amide bonds. The Bertz CT molecular complexity index is 701. The molecule has 0 radical (unpaired) electrons. The van der Waals surface area contributed by atoms with Crippen molar-refractivity contribution in [3.63, 3.8) is 0 Å². The molecule has 2 aromatic rings. The molecule has 0 saturated heterocycles. The van der Waals surface area contributed by atoms with E-state index >= 15 is 0 Å². The van der Waals surface area contributed by atoms with Gasteiger partial charge in [-0.1, -0.05) is 0 Å². The van der Waals surface area contributed by atoms with Crippen LogP contribution in [0.4, 0.5) is 0 Å². The summed E-state index contributed by atoms with van der Waals surface area (Å²) in [7, 11) is 0. The van der Waals surface area contributed by atoms with Crippen molar-refractivity contribution in [2.75, 3.05) is 0 Å². The maximum atomic E-state index is 2.53. The SMILES string of the molecule is CCCCCCCCCCC[CH](S[CH](CCCCCCCCCCC)[Hg][c]1ccccc1)[Hg][c]1ccccc1. The van der Waals surface area contributed by atoms with Gasteiger partial charge in [-0.05, 0) is 0 Å². The first-order chi connectivity index (χ1) is 19.3. The van der Waals surface area contributed by atoms with Crippen molar-refractivity contribution in [1.82, 2.24) is 0 Å². The van der Waals surface area contributed by atoms with E-state index in [2.05, 4.69) is 86.3 Å². The average Bonchev–Trinajstić information content (AvgIpc) is 2.96. The predicted octanol–water partition coefficient (Wildman–Crippen LogP) is 11.0. The van der Waals surface area contributed by atoms with Crippen molar-refractivity contribution in [3.8, 4) is 0 Å². The van der Waals surface area contributed by atoms with E-state index in [1.165, 1.54) is 128 Å². The number of thioether (sulfide) groups is 1. The average molecular weight is 924 g/mol. The summed E-state index contributed by atoms with van der Waals surface area (Å²) in [6, 6.07) is 23.4. The fourth-order valence-corrected chi connectivity index (χ4v) is 43.6. The molecule has 0 spiro atoms. The molecule has 212 valence electrons. The topological polar surface area (TPSA) is 0 Å². The molecule has 0 aliphatic rings. The summed E-state index contributed by atoms with van der Waals surface area (Å²) >= 11 is 0.275. The summed E-state index contributed by atoms with van der Waals surface area (Å²) in [4.78, 5) is 0. The van der Waals surface area contributed by atoms with Gasteiger partial charge in [0.05, 0.1) is 0 Å². The molecule has 0 N–H and O–H groups in total. The van der Waals surface area contributed by atoms with E-state index < -0.39 is 49.1 Å². The first kappa shape index (κ1) is 35.9. The van der Waals surface area contributed by atoms with E-state index in [9.17, 15) is 0 Å². The summed E-state index contributed by atoms with van der Waals surface area (Å²) < 4.78 is 5.57. The Morgan fingerprint density at radius 1 is 0.436 bits per heavy atom. The first-order valence-electron chi connectivity index (χ1n) is 17.0. The molecule has 2 unspecified atom stereocenters. The van der Waals surface area contributed by atoms with Crippen LogP contribution in [-0.4, -0.2) is 5.52 Å². The Morgan fingerprint density at radius 3 is 1.08 bits per heavy atom. The Hall–Kier alpha value is 0.660. The molecule has 0 aliphatic carbocycles.